The summed E-state index contributed by atoms with van der Waals surface area (Å²) in [7, 11) is 0. The van der Waals surface area contributed by atoms with Crippen LogP contribution < -0.4 is 4.90 Å². The molecule has 0 N–H and O–H groups in total. The molecule has 0 atom stereocenters. The lowest BCUT2D eigenvalue weighted by Crippen LogP contribution is -2.13. The molecule has 0 saturated carbocycles. The van der Waals surface area contributed by atoms with E-state index in [2.05, 4.69) is 83.8 Å². The van der Waals surface area contributed by atoms with Gasteiger partial charge in [-0.15, -0.1) is 0 Å². The number of fused-ring (bicyclic) bond motifs is 1. The SMILES string of the molecule is c1ccc(N(c2ccccc2)c2ccc3c(c2)CC3)cc1. The molecule has 0 aliphatic heterocycles. The zero-order valence-electron chi connectivity index (χ0n) is 11.9. The molecule has 0 heterocycles. The highest BCUT2D eigenvalue weighted by molar-refractivity contribution is 5.77. The molecular formula is C20H17N. The van der Waals surface area contributed by atoms with Gasteiger partial charge in [0.05, 0.1) is 0 Å². The zero-order valence-corrected chi connectivity index (χ0v) is 11.9. The second-order valence-corrected chi connectivity index (χ2v) is 5.46. The Hall–Kier alpha value is -2.54. The monoisotopic (exact) mass is 271 g/mol. The Morgan fingerprint density at radius 1 is 0.524 bits per heavy atom. The van der Waals surface area contributed by atoms with Crippen molar-refractivity contribution >= 4 is 17.1 Å². The molecule has 0 fully saturated rings. The first kappa shape index (κ1) is 12.2. The van der Waals surface area contributed by atoms with Crippen molar-refractivity contribution < 1.29 is 0 Å². The van der Waals surface area contributed by atoms with E-state index < -0.39 is 0 Å². The predicted octanol–water partition coefficient (Wildman–Crippen LogP) is 5.26. The molecular weight excluding hydrogens is 254 g/mol. The summed E-state index contributed by atoms with van der Waals surface area (Å²) in [4.78, 5) is 2.32. The fraction of sp³-hybridized carbons (Fsp3) is 0.100. The van der Waals surface area contributed by atoms with Crippen LogP contribution in [0.1, 0.15) is 11.1 Å². The maximum atomic E-state index is 2.33. The van der Waals surface area contributed by atoms with Crippen LogP contribution in [-0.2, 0) is 12.8 Å². The molecule has 4 rings (SSSR count). The zero-order chi connectivity index (χ0) is 14.1. The summed E-state index contributed by atoms with van der Waals surface area (Å²) >= 11 is 0. The van der Waals surface area contributed by atoms with E-state index in [4.69, 9.17) is 0 Å². The molecule has 0 radical (unpaired) electrons. The molecule has 0 bridgehead atoms. The van der Waals surface area contributed by atoms with Gasteiger partial charge >= 0.3 is 0 Å². The summed E-state index contributed by atoms with van der Waals surface area (Å²) in [5.74, 6) is 0. The van der Waals surface area contributed by atoms with E-state index in [1.54, 1.807) is 0 Å². The summed E-state index contributed by atoms with van der Waals surface area (Å²) in [6.45, 7) is 0. The molecule has 1 aliphatic carbocycles. The smallest absolute Gasteiger partial charge is 0.0464 e. The molecule has 0 spiro atoms. The van der Waals surface area contributed by atoms with Crippen molar-refractivity contribution in [3.05, 3.63) is 90.0 Å². The van der Waals surface area contributed by atoms with Gasteiger partial charge in [0.25, 0.3) is 0 Å². The molecule has 0 unspecified atom stereocenters. The van der Waals surface area contributed by atoms with E-state index in [-0.39, 0.29) is 0 Å². The van der Waals surface area contributed by atoms with Gasteiger partial charge in [-0.25, -0.2) is 0 Å². The Kier molecular flexibility index (Phi) is 2.97. The topological polar surface area (TPSA) is 3.24 Å². The number of hydrogen-bond donors (Lipinski definition) is 0. The van der Waals surface area contributed by atoms with Gasteiger partial charge in [-0.1, -0.05) is 42.5 Å². The van der Waals surface area contributed by atoms with Crippen LogP contribution in [0.15, 0.2) is 78.9 Å². The molecule has 102 valence electrons. The van der Waals surface area contributed by atoms with Crippen LogP contribution in [0.4, 0.5) is 17.1 Å². The highest BCUT2D eigenvalue weighted by Crippen LogP contribution is 2.36. The first-order chi connectivity index (χ1) is 10.4. The molecule has 0 saturated heterocycles. The minimum absolute atomic E-state index is 1.20. The van der Waals surface area contributed by atoms with E-state index >= 15 is 0 Å². The number of benzene rings is 3. The van der Waals surface area contributed by atoms with Crippen molar-refractivity contribution in [2.24, 2.45) is 0 Å². The van der Waals surface area contributed by atoms with Crippen molar-refractivity contribution in [2.45, 2.75) is 12.8 Å². The predicted molar refractivity (Wildman–Crippen MR) is 88.5 cm³/mol. The number of aryl methyl sites for hydroxylation is 2. The van der Waals surface area contributed by atoms with Gasteiger partial charge in [0.15, 0.2) is 0 Å². The van der Waals surface area contributed by atoms with E-state index in [1.165, 1.54) is 41.0 Å². The van der Waals surface area contributed by atoms with Crippen LogP contribution in [0, 0.1) is 0 Å². The summed E-state index contributed by atoms with van der Waals surface area (Å²) in [5, 5.41) is 0. The summed E-state index contributed by atoms with van der Waals surface area (Å²) in [6.07, 6.45) is 2.44. The lowest BCUT2D eigenvalue weighted by molar-refractivity contribution is 0.839. The largest absolute Gasteiger partial charge is 0.310 e. The highest BCUT2D eigenvalue weighted by atomic mass is 15.1. The Balaban J connectivity index is 1.85. The number of nitrogens with zero attached hydrogens (tertiary/aromatic N) is 1. The van der Waals surface area contributed by atoms with E-state index in [0.29, 0.717) is 0 Å². The van der Waals surface area contributed by atoms with E-state index in [0.717, 1.165) is 0 Å². The number of hydrogen-bond acceptors (Lipinski definition) is 1. The number of rotatable bonds is 3. The van der Waals surface area contributed by atoms with Crippen LogP contribution in [-0.4, -0.2) is 0 Å². The van der Waals surface area contributed by atoms with Crippen molar-refractivity contribution in [1.82, 2.24) is 0 Å². The van der Waals surface area contributed by atoms with Gasteiger partial charge in [-0.3, -0.25) is 0 Å². The summed E-state index contributed by atoms with van der Waals surface area (Å²) < 4.78 is 0. The Bertz CT molecular complexity index is 708. The second kappa shape index (κ2) is 5.10. The van der Waals surface area contributed by atoms with Crippen LogP contribution in [0.25, 0.3) is 0 Å². The van der Waals surface area contributed by atoms with E-state index in [9.17, 15) is 0 Å². The second-order valence-electron chi connectivity index (χ2n) is 5.46. The maximum Gasteiger partial charge on any atom is 0.0464 e. The molecule has 1 nitrogen and oxygen atoms in total. The normalized spacial score (nSPS) is 12.4. The first-order valence-corrected chi connectivity index (χ1v) is 7.44. The highest BCUT2D eigenvalue weighted by Gasteiger charge is 2.17. The molecule has 3 aromatic rings. The fourth-order valence-electron chi connectivity index (χ4n) is 2.92. The Labute approximate surface area is 125 Å². The third-order valence-corrected chi connectivity index (χ3v) is 4.14. The summed E-state index contributed by atoms with van der Waals surface area (Å²) in [5.41, 5.74) is 6.63. The lowest BCUT2D eigenvalue weighted by atomic mass is 9.88. The average Bonchev–Trinajstić information content (AvgIpc) is 2.52. The van der Waals surface area contributed by atoms with Crippen LogP contribution in [0.2, 0.25) is 0 Å². The minimum atomic E-state index is 1.20. The molecule has 0 amide bonds. The van der Waals surface area contributed by atoms with Gasteiger partial charge in [-0.2, -0.15) is 0 Å². The van der Waals surface area contributed by atoms with Crippen molar-refractivity contribution in [3.63, 3.8) is 0 Å². The van der Waals surface area contributed by atoms with Gasteiger partial charge < -0.3 is 4.90 Å². The van der Waals surface area contributed by atoms with Crippen LogP contribution >= 0.6 is 0 Å². The van der Waals surface area contributed by atoms with Crippen molar-refractivity contribution in [3.8, 4) is 0 Å². The lowest BCUT2D eigenvalue weighted by Gasteiger charge is -2.28. The van der Waals surface area contributed by atoms with Gasteiger partial charge in [-0.05, 0) is 60.4 Å². The molecule has 21 heavy (non-hydrogen) atoms. The van der Waals surface area contributed by atoms with Gasteiger partial charge in [0.1, 0.15) is 0 Å². The van der Waals surface area contributed by atoms with Crippen LogP contribution in [0.5, 0.6) is 0 Å². The molecule has 1 heteroatoms. The average molecular weight is 271 g/mol. The summed E-state index contributed by atoms with van der Waals surface area (Å²) in [6, 6.07) is 28.0. The van der Waals surface area contributed by atoms with Crippen LogP contribution in [0.3, 0.4) is 0 Å². The van der Waals surface area contributed by atoms with Gasteiger partial charge in [0.2, 0.25) is 0 Å². The number of para-hydroxylation sites is 2. The molecule has 0 aromatic heterocycles. The molecule has 1 aliphatic rings. The standard InChI is InChI=1S/C20H17N/c1-3-7-18(8-4-1)21(19-9-5-2-6-10-19)20-14-13-16-11-12-17(16)15-20/h1-10,13-15H,11-12H2. The Morgan fingerprint density at radius 2 is 1.10 bits per heavy atom. The fourth-order valence-corrected chi connectivity index (χ4v) is 2.92. The van der Waals surface area contributed by atoms with Gasteiger partial charge in [0, 0.05) is 17.1 Å². The van der Waals surface area contributed by atoms with Crippen molar-refractivity contribution in [1.29, 1.82) is 0 Å². The molecule has 3 aromatic carbocycles. The number of anilines is 3. The third-order valence-electron chi connectivity index (χ3n) is 4.14. The first-order valence-electron chi connectivity index (χ1n) is 7.44. The van der Waals surface area contributed by atoms with E-state index in [1.807, 2.05) is 0 Å². The third kappa shape index (κ3) is 2.21. The minimum Gasteiger partial charge on any atom is -0.310 e. The Morgan fingerprint density at radius 3 is 1.57 bits per heavy atom. The van der Waals surface area contributed by atoms with Crippen molar-refractivity contribution in [2.75, 3.05) is 4.90 Å². The quantitative estimate of drug-likeness (QED) is 0.628. The maximum absolute atomic E-state index is 2.33.